The van der Waals surface area contributed by atoms with Gasteiger partial charge in [-0.05, 0) is 28.5 Å². The molecule has 0 radical (unpaired) electrons. The molecule has 0 amide bonds. The quantitative estimate of drug-likeness (QED) is 0.768. The molecule has 0 atom stereocenters. The van der Waals surface area contributed by atoms with E-state index in [0.717, 1.165) is 28.1 Å². The van der Waals surface area contributed by atoms with E-state index < -0.39 is 17.7 Å². The van der Waals surface area contributed by atoms with Crippen LogP contribution in [0.5, 0.6) is 0 Å². The number of benzene rings is 2. The second-order valence-electron chi connectivity index (χ2n) is 4.41. The summed E-state index contributed by atoms with van der Waals surface area (Å²) in [5.74, 6) is -1.67. The first kappa shape index (κ1) is 14.9. The van der Waals surface area contributed by atoms with Crippen LogP contribution >= 0.6 is 11.8 Å². The van der Waals surface area contributed by atoms with Gasteiger partial charge in [0.1, 0.15) is 0 Å². The van der Waals surface area contributed by atoms with Gasteiger partial charge in [-0.15, -0.1) is 0 Å². The molecule has 5 heteroatoms. The summed E-state index contributed by atoms with van der Waals surface area (Å²) < 4.78 is 36.0. The molecular formula is C15H13F3OS. The van der Waals surface area contributed by atoms with Crippen molar-refractivity contribution in [2.75, 3.05) is 11.5 Å². The molecule has 2 aromatic rings. The summed E-state index contributed by atoms with van der Waals surface area (Å²) in [5.41, 5.74) is 1.07. The Bertz CT molecular complexity index is 607. The molecule has 0 saturated carbocycles. The molecule has 0 N–H and O–H groups in total. The molecule has 0 bridgehead atoms. The van der Waals surface area contributed by atoms with Crippen molar-refractivity contribution in [2.24, 2.45) is 0 Å². The highest BCUT2D eigenvalue weighted by Crippen LogP contribution is 2.20. The first-order chi connectivity index (χ1) is 9.47. The van der Waals surface area contributed by atoms with Crippen molar-refractivity contribution in [2.45, 2.75) is 12.6 Å². The lowest BCUT2D eigenvalue weighted by molar-refractivity contribution is -0.167. The van der Waals surface area contributed by atoms with Gasteiger partial charge >= 0.3 is 6.18 Å². The number of carbonyl (C=O) groups excluding carboxylic acids is 1. The zero-order valence-electron chi connectivity index (χ0n) is 10.6. The fraction of sp³-hybridized carbons (Fsp3) is 0.267. The van der Waals surface area contributed by atoms with Gasteiger partial charge in [-0.2, -0.15) is 24.9 Å². The van der Waals surface area contributed by atoms with Crippen LogP contribution in [0.25, 0.3) is 10.8 Å². The number of rotatable bonds is 5. The topological polar surface area (TPSA) is 17.1 Å². The van der Waals surface area contributed by atoms with Crippen LogP contribution in [0.3, 0.4) is 0 Å². The standard InChI is InChI=1S/C15H13F3OS/c16-15(17,18)14(19)10-20-8-7-11-5-6-12-3-1-2-4-13(12)9-11/h1-6,9H,7-8,10H2. The van der Waals surface area contributed by atoms with Gasteiger partial charge in [-0.1, -0.05) is 42.5 Å². The van der Waals surface area contributed by atoms with Crippen LogP contribution in [0.4, 0.5) is 13.2 Å². The number of aryl methyl sites for hydroxylation is 1. The van der Waals surface area contributed by atoms with Crippen LogP contribution in [-0.2, 0) is 11.2 Å². The van der Waals surface area contributed by atoms with E-state index in [1.807, 2.05) is 42.5 Å². The van der Waals surface area contributed by atoms with Crippen LogP contribution in [0.15, 0.2) is 42.5 Å². The Morgan fingerprint density at radius 2 is 1.75 bits per heavy atom. The maximum atomic E-state index is 12.0. The predicted molar refractivity (Wildman–Crippen MR) is 76.0 cm³/mol. The van der Waals surface area contributed by atoms with E-state index in [4.69, 9.17) is 0 Å². The van der Waals surface area contributed by atoms with Gasteiger partial charge < -0.3 is 0 Å². The SMILES string of the molecule is O=C(CSCCc1ccc2ccccc2c1)C(F)(F)F. The van der Waals surface area contributed by atoms with E-state index in [1.54, 1.807) is 0 Å². The average Bonchev–Trinajstić information content (AvgIpc) is 2.42. The number of hydrogen-bond donors (Lipinski definition) is 0. The molecular weight excluding hydrogens is 285 g/mol. The summed E-state index contributed by atoms with van der Waals surface area (Å²) in [4.78, 5) is 10.7. The molecule has 0 aromatic heterocycles. The van der Waals surface area contributed by atoms with Crippen molar-refractivity contribution >= 4 is 28.3 Å². The van der Waals surface area contributed by atoms with Gasteiger partial charge in [0.25, 0.3) is 0 Å². The van der Waals surface area contributed by atoms with Gasteiger partial charge in [0.2, 0.25) is 5.78 Å². The number of alkyl halides is 3. The first-order valence-electron chi connectivity index (χ1n) is 6.12. The molecule has 0 aliphatic rings. The molecule has 106 valence electrons. The minimum absolute atomic E-state index is 0.500. The van der Waals surface area contributed by atoms with Crippen LogP contribution in [0.1, 0.15) is 5.56 Å². The molecule has 0 aliphatic carbocycles. The third-order valence-corrected chi connectivity index (χ3v) is 3.86. The van der Waals surface area contributed by atoms with Gasteiger partial charge in [-0.25, -0.2) is 0 Å². The Hall–Kier alpha value is -1.49. The summed E-state index contributed by atoms with van der Waals surface area (Å²) in [6, 6.07) is 13.9. The fourth-order valence-corrected chi connectivity index (χ4v) is 2.70. The molecule has 1 nitrogen and oxygen atoms in total. The third kappa shape index (κ3) is 4.00. The maximum absolute atomic E-state index is 12.0. The minimum Gasteiger partial charge on any atom is -0.289 e. The molecule has 0 spiro atoms. The number of Topliss-reactive ketones (excluding diaryl/α,β-unsaturated/α-hetero) is 1. The lowest BCUT2D eigenvalue weighted by atomic mass is 10.1. The van der Waals surface area contributed by atoms with Crippen LogP contribution in [0, 0.1) is 0 Å². The molecule has 2 rings (SSSR count). The molecule has 0 fully saturated rings. The highest BCUT2D eigenvalue weighted by molar-refractivity contribution is 7.99. The van der Waals surface area contributed by atoms with Crippen molar-refractivity contribution in [3.05, 3.63) is 48.0 Å². The maximum Gasteiger partial charge on any atom is 0.450 e. The van der Waals surface area contributed by atoms with E-state index in [-0.39, 0.29) is 0 Å². The summed E-state index contributed by atoms with van der Waals surface area (Å²) in [7, 11) is 0. The Kier molecular flexibility index (Phi) is 4.70. The van der Waals surface area contributed by atoms with E-state index in [9.17, 15) is 18.0 Å². The van der Waals surface area contributed by atoms with Crippen LogP contribution < -0.4 is 0 Å². The second-order valence-corrected chi connectivity index (χ2v) is 5.51. The summed E-state index contributed by atoms with van der Waals surface area (Å²) in [6.07, 6.45) is -4.06. The van der Waals surface area contributed by atoms with Crippen LogP contribution in [0.2, 0.25) is 0 Å². The molecule has 20 heavy (non-hydrogen) atoms. The minimum atomic E-state index is -4.71. The van der Waals surface area contributed by atoms with E-state index in [2.05, 4.69) is 0 Å². The number of thioether (sulfide) groups is 1. The number of fused-ring (bicyclic) bond motifs is 1. The largest absolute Gasteiger partial charge is 0.450 e. The van der Waals surface area contributed by atoms with E-state index in [0.29, 0.717) is 12.2 Å². The molecule has 0 unspecified atom stereocenters. The van der Waals surface area contributed by atoms with Gasteiger partial charge in [0.15, 0.2) is 0 Å². The summed E-state index contributed by atoms with van der Waals surface area (Å²) in [6.45, 7) is 0. The van der Waals surface area contributed by atoms with Crippen molar-refractivity contribution in [1.29, 1.82) is 0 Å². The van der Waals surface area contributed by atoms with Crippen molar-refractivity contribution in [3.63, 3.8) is 0 Å². The number of carbonyl (C=O) groups is 1. The summed E-state index contributed by atoms with van der Waals surface area (Å²) >= 11 is 1.02. The smallest absolute Gasteiger partial charge is 0.289 e. The highest BCUT2D eigenvalue weighted by Gasteiger charge is 2.37. The molecule has 0 saturated heterocycles. The van der Waals surface area contributed by atoms with Gasteiger partial charge in [0.05, 0.1) is 5.75 Å². The van der Waals surface area contributed by atoms with Gasteiger partial charge in [-0.3, -0.25) is 4.79 Å². The third-order valence-electron chi connectivity index (χ3n) is 2.90. The predicted octanol–water partition coefficient (Wildman–Crippen LogP) is 4.25. The highest BCUT2D eigenvalue weighted by atomic mass is 32.2. The fourth-order valence-electron chi connectivity index (χ4n) is 1.83. The molecule has 0 heterocycles. The van der Waals surface area contributed by atoms with Crippen LogP contribution in [-0.4, -0.2) is 23.5 Å². The number of hydrogen-bond acceptors (Lipinski definition) is 2. The first-order valence-corrected chi connectivity index (χ1v) is 7.28. The lowest BCUT2D eigenvalue weighted by Crippen LogP contribution is -2.24. The normalized spacial score (nSPS) is 11.8. The Morgan fingerprint density at radius 1 is 1.05 bits per heavy atom. The number of halogens is 3. The Labute approximate surface area is 119 Å². The number of ketones is 1. The van der Waals surface area contributed by atoms with E-state index in [1.165, 1.54) is 0 Å². The molecule has 0 aliphatic heterocycles. The average molecular weight is 298 g/mol. The van der Waals surface area contributed by atoms with Crippen molar-refractivity contribution in [1.82, 2.24) is 0 Å². The van der Waals surface area contributed by atoms with Crippen molar-refractivity contribution in [3.8, 4) is 0 Å². The zero-order valence-corrected chi connectivity index (χ0v) is 11.4. The van der Waals surface area contributed by atoms with Gasteiger partial charge in [0, 0.05) is 0 Å². The zero-order chi connectivity index (χ0) is 14.6. The van der Waals surface area contributed by atoms with E-state index >= 15 is 0 Å². The Balaban J connectivity index is 1.86. The monoisotopic (exact) mass is 298 g/mol. The lowest BCUT2D eigenvalue weighted by Gasteiger charge is -2.06. The summed E-state index contributed by atoms with van der Waals surface area (Å²) in [5, 5.41) is 2.25. The Morgan fingerprint density at radius 3 is 2.45 bits per heavy atom. The second kappa shape index (κ2) is 6.31. The molecule has 2 aromatic carbocycles. The van der Waals surface area contributed by atoms with Crippen molar-refractivity contribution < 1.29 is 18.0 Å².